The summed E-state index contributed by atoms with van der Waals surface area (Å²) in [5.41, 5.74) is 0. The highest BCUT2D eigenvalue weighted by Crippen LogP contribution is 2.25. The van der Waals surface area contributed by atoms with Crippen molar-refractivity contribution in [3.8, 4) is 0 Å². The molecule has 0 radical (unpaired) electrons. The number of carbonyl (C=O) groups is 1. The van der Waals surface area contributed by atoms with E-state index in [2.05, 4.69) is 20.9 Å². The predicted octanol–water partition coefficient (Wildman–Crippen LogP) is 1.27. The zero-order valence-electron chi connectivity index (χ0n) is 14.3. The van der Waals surface area contributed by atoms with Crippen molar-refractivity contribution in [3.63, 3.8) is 0 Å². The predicted molar refractivity (Wildman–Crippen MR) is 90.0 cm³/mol. The minimum Gasteiger partial charge on any atom is -0.383 e. The van der Waals surface area contributed by atoms with Gasteiger partial charge < -0.3 is 20.7 Å². The molecule has 1 fully saturated rings. The fraction of sp³-hybridized carbons (Fsp3) is 0.875. The van der Waals surface area contributed by atoms with Crippen LogP contribution in [0.5, 0.6) is 0 Å². The monoisotopic (exact) mass is 312 g/mol. The fourth-order valence-electron chi connectivity index (χ4n) is 2.83. The Balaban J connectivity index is 2.10. The molecule has 0 bridgehead atoms. The summed E-state index contributed by atoms with van der Waals surface area (Å²) in [6.07, 6.45) is 6.98. The number of carbonyl (C=O) groups excluding carboxylic acids is 1. The molecule has 1 unspecified atom stereocenters. The lowest BCUT2D eigenvalue weighted by atomic mass is 9.87. The van der Waals surface area contributed by atoms with Crippen molar-refractivity contribution in [1.29, 1.82) is 0 Å². The van der Waals surface area contributed by atoms with Crippen molar-refractivity contribution < 1.29 is 9.53 Å². The molecule has 22 heavy (non-hydrogen) atoms. The maximum atomic E-state index is 11.9. The molecule has 128 valence electrons. The highest BCUT2D eigenvalue weighted by atomic mass is 16.5. The van der Waals surface area contributed by atoms with E-state index in [1.807, 2.05) is 6.92 Å². The molecule has 1 atom stereocenters. The summed E-state index contributed by atoms with van der Waals surface area (Å²) >= 11 is 0. The van der Waals surface area contributed by atoms with Crippen molar-refractivity contribution in [2.45, 2.75) is 51.5 Å². The van der Waals surface area contributed by atoms with Crippen LogP contribution in [-0.2, 0) is 9.53 Å². The lowest BCUT2D eigenvalue weighted by Gasteiger charge is -2.21. The summed E-state index contributed by atoms with van der Waals surface area (Å²) in [5, 5.41) is 9.39. The minimum atomic E-state index is 0.171. The Morgan fingerprint density at radius 3 is 2.55 bits per heavy atom. The number of nitrogens with zero attached hydrogens (tertiary/aromatic N) is 1. The molecule has 0 saturated heterocycles. The lowest BCUT2D eigenvalue weighted by molar-refractivity contribution is -0.122. The van der Waals surface area contributed by atoms with Gasteiger partial charge in [0.25, 0.3) is 0 Å². The van der Waals surface area contributed by atoms with Gasteiger partial charge in [-0.2, -0.15) is 0 Å². The first kappa shape index (κ1) is 18.7. The first-order chi connectivity index (χ1) is 10.7. The maximum Gasteiger partial charge on any atom is 0.220 e. The summed E-state index contributed by atoms with van der Waals surface area (Å²) in [6.45, 7) is 3.93. The van der Waals surface area contributed by atoms with Crippen LogP contribution < -0.4 is 16.0 Å². The molecule has 3 N–H and O–H groups in total. The van der Waals surface area contributed by atoms with E-state index in [0.717, 1.165) is 5.96 Å². The highest BCUT2D eigenvalue weighted by Gasteiger charge is 2.16. The Hall–Kier alpha value is -1.30. The van der Waals surface area contributed by atoms with Crippen LogP contribution in [0.15, 0.2) is 4.99 Å². The van der Waals surface area contributed by atoms with E-state index >= 15 is 0 Å². The summed E-state index contributed by atoms with van der Waals surface area (Å²) in [5.74, 6) is 1.49. The molecule has 1 saturated carbocycles. The lowest BCUT2D eigenvalue weighted by Crippen LogP contribution is -2.46. The number of amides is 1. The van der Waals surface area contributed by atoms with Gasteiger partial charge >= 0.3 is 0 Å². The number of rotatable bonds is 8. The Bertz CT molecular complexity index is 341. The SMILES string of the molecule is CN=C(NCCNC(=O)CC1CCCCC1)NC(C)COC. The van der Waals surface area contributed by atoms with Gasteiger partial charge in [-0.1, -0.05) is 19.3 Å². The molecule has 6 heteroatoms. The van der Waals surface area contributed by atoms with Crippen molar-refractivity contribution >= 4 is 11.9 Å². The second-order valence-electron chi connectivity index (χ2n) is 6.06. The van der Waals surface area contributed by atoms with Gasteiger partial charge in [-0.05, 0) is 25.7 Å². The van der Waals surface area contributed by atoms with E-state index in [0.29, 0.717) is 32.0 Å². The minimum absolute atomic E-state index is 0.171. The number of hydrogen-bond acceptors (Lipinski definition) is 3. The standard InChI is InChI=1S/C16H32N4O2/c1-13(12-22-3)20-16(17-2)19-10-9-18-15(21)11-14-7-5-4-6-8-14/h13-14H,4-12H2,1-3H3,(H,18,21)(H2,17,19,20). The maximum absolute atomic E-state index is 11.9. The van der Waals surface area contributed by atoms with Crippen molar-refractivity contribution in [3.05, 3.63) is 0 Å². The second-order valence-corrected chi connectivity index (χ2v) is 6.06. The Morgan fingerprint density at radius 1 is 1.23 bits per heavy atom. The molecule has 0 aromatic heterocycles. The third kappa shape index (κ3) is 8.22. The molecule has 0 heterocycles. The van der Waals surface area contributed by atoms with Gasteiger partial charge in [0.1, 0.15) is 0 Å². The number of nitrogens with one attached hydrogen (secondary N) is 3. The topological polar surface area (TPSA) is 74.8 Å². The largest absolute Gasteiger partial charge is 0.383 e. The molecule has 1 aliphatic carbocycles. The van der Waals surface area contributed by atoms with Gasteiger partial charge in [0.05, 0.1) is 6.61 Å². The molecule has 1 rings (SSSR count). The first-order valence-electron chi connectivity index (χ1n) is 8.38. The summed E-state index contributed by atoms with van der Waals surface area (Å²) in [6, 6.07) is 0.192. The quantitative estimate of drug-likeness (QED) is 0.358. The number of methoxy groups -OCH3 is 1. The van der Waals surface area contributed by atoms with E-state index in [1.54, 1.807) is 14.2 Å². The number of aliphatic imine (C=N–C) groups is 1. The van der Waals surface area contributed by atoms with E-state index in [4.69, 9.17) is 4.74 Å². The van der Waals surface area contributed by atoms with Gasteiger partial charge in [0.15, 0.2) is 5.96 Å². The zero-order valence-corrected chi connectivity index (χ0v) is 14.3. The van der Waals surface area contributed by atoms with E-state index < -0.39 is 0 Å². The fourth-order valence-corrected chi connectivity index (χ4v) is 2.83. The van der Waals surface area contributed by atoms with Crippen LogP contribution in [0.3, 0.4) is 0 Å². The van der Waals surface area contributed by atoms with Gasteiger partial charge in [-0.3, -0.25) is 9.79 Å². The number of ether oxygens (including phenoxy) is 1. The summed E-state index contributed by atoms with van der Waals surface area (Å²) in [7, 11) is 3.41. The van der Waals surface area contributed by atoms with Crippen molar-refractivity contribution in [2.24, 2.45) is 10.9 Å². The zero-order chi connectivity index (χ0) is 16.2. The highest BCUT2D eigenvalue weighted by molar-refractivity contribution is 5.80. The van der Waals surface area contributed by atoms with Gasteiger partial charge in [0, 0.05) is 39.7 Å². The smallest absolute Gasteiger partial charge is 0.220 e. The molecule has 0 aromatic rings. The van der Waals surface area contributed by atoms with Gasteiger partial charge in [-0.15, -0.1) is 0 Å². The average Bonchev–Trinajstić information content (AvgIpc) is 2.51. The van der Waals surface area contributed by atoms with Crippen LogP contribution in [0.4, 0.5) is 0 Å². The van der Waals surface area contributed by atoms with Gasteiger partial charge in [-0.25, -0.2) is 0 Å². The second kappa shape index (κ2) is 11.3. The summed E-state index contributed by atoms with van der Waals surface area (Å²) < 4.78 is 5.08. The van der Waals surface area contributed by atoms with Crippen molar-refractivity contribution in [1.82, 2.24) is 16.0 Å². The van der Waals surface area contributed by atoms with Crippen LogP contribution in [-0.4, -0.2) is 51.8 Å². The third-order valence-electron chi connectivity index (χ3n) is 3.96. The normalized spacial score (nSPS) is 17.9. The molecule has 0 spiro atoms. The van der Waals surface area contributed by atoms with Crippen molar-refractivity contribution in [2.75, 3.05) is 33.9 Å². The molecule has 1 aliphatic rings. The molecule has 0 aliphatic heterocycles. The number of hydrogen-bond donors (Lipinski definition) is 3. The van der Waals surface area contributed by atoms with Crippen LogP contribution in [0.1, 0.15) is 45.4 Å². The Kier molecular flexibility index (Phi) is 9.62. The number of guanidine groups is 1. The van der Waals surface area contributed by atoms with Crippen LogP contribution in [0, 0.1) is 5.92 Å². The summed E-state index contributed by atoms with van der Waals surface area (Å²) in [4.78, 5) is 16.0. The van der Waals surface area contributed by atoms with E-state index in [1.165, 1.54) is 32.1 Å². The van der Waals surface area contributed by atoms with E-state index in [-0.39, 0.29) is 11.9 Å². The Labute approximate surface area is 134 Å². The van der Waals surface area contributed by atoms with Crippen LogP contribution in [0.2, 0.25) is 0 Å². The van der Waals surface area contributed by atoms with Crippen LogP contribution in [0.25, 0.3) is 0 Å². The molecular formula is C16H32N4O2. The molecule has 6 nitrogen and oxygen atoms in total. The first-order valence-corrected chi connectivity index (χ1v) is 8.38. The molecule has 1 amide bonds. The third-order valence-corrected chi connectivity index (χ3v) is 3.96. The molecular weight excluding hydrogens is 280 g/mol. The van der Waals surface area contributed by atoms with Crippen LogP contribution >= 0.6 is 0 Å². The Morgan fingerprint density at radius 2 is 1.91 bits per heavy atom. The average molecular weight is 312 g/mol. The van der Waals surface area contributed by atoms with Gasteiger partial charge in [0.2, 0.25) is 5.91 Å². The van der Waals surface area contributed by atoms with E-state index in [9.17, 15) is 4.79 Å². The molecule has 0 aromatic carbocycles.